The Hall–Kier alpha value is -1.07. The Kier molecular flexibility index (Phi) is 4.82. The number of halogens is 1. The number of nitrogens with one attached hydrogen (secondary N) is 1. The molecule has 1 aliphatic heterocycles. The highest BCUT2D eigenvalue weighted by Gasteiger charge is 2.20. The van der Waals surface area contributed by atoms with Crippen LogP contribution in [-0.4, -0.2) is 35.5 Å². The maximum atomic E-state index is 11.9. The van der Waals surface area contributed by atoms with Crippen molar-refractivity contribution in [2.75, 3.05) is 24.5 Å². The summed E-state index contributed by atoms with van der Waals surface area (Å²) in [5.41, 5.74) is 0.514. The molecule has 106 valence electrons. The van der Waals surface area contributed by atoms with Crippen molar-refractivity contribution in [3.05, 3.63) is 21.6 Å². The Balaban J connectivity index is 2.22. The van der Waals surface area contributed by atoms with E-state index < -0.39 is 0 Å². The minimum Gasteiger partial charge on any atom is -0.367 e. The van der Waals surface area contributed by atoms with E-state index >= 15 is 0 Å². The third-order valence-electron chi connectivity index (χ3n) is 3.50. The van der Waals surface area contributed by atoms with Crippen LogP contribution in [0.1, 0.15) is 26.2 Å². The molecule has 2 heterocycles. The Morgan fingerprint density at radius 1 is 1.63 bits per heavy atom. The molecule has 1 aromatic rings. The summed E-state index contributed by atoms with van der Waals surface area (Å²) in [6.45, 7) is 4.96. The topological polar surface area (TPSA) is 50.2 Å². The van der Waals surface area contributed by atoms with Gasteiger partial charge in [0.15, 0.2) is 0 Å². The van der Waals surface area contributed by atoms with Gasteiger partial charge in [0.2, 0.25) is 0 Å². The van der Waals surface area contributed by atoms with E-state index in [1.54, 1.807) is 13.2 Å². The summed E-state index contributed by atoms with van der Waals surface area (Å²) in [6.07, 6.45) is 5.09. The SMILES string of the molecule is CCCN(CC1CCCN1)c1cnn(C)c(=O)c1Cl. The molecule has 6 heteroatoms. The first kappa shape index (κ1) is 14.3. The van der Waals surface area contributed by atoms with Crippen LogP contribution in [-0.2, 0) is 7.05 Å². The van der Waals surface area contributed by atoms with Gasteiger partial charge in [0.05, 0.1) is 11.9 Å². The maximum Gasteiger partial charge on any atom is 0.287 e. The van der Waals surface area contributed by atoms with Crippen LogP contribution >= 0.6 is 11.6 Å². The first-order chi connectivity index (χ1) is 9.13. The zero-order valence-electron chi connectivity index (χ0n) is 11.5. The number of aromatic nitrogens is 2. The second-order valence-electron chi connectivity index (χ2n) is 5.01. The van der Waals surface area contributed by atoms with Crippen molar-refractivity contribution in [1.29, 1.82) is 0 Å². The van der Waals surface area contributed by atoms with Crippen molar-refractivity contribution < 1.29 is 0 Å². The van der Waals surface area contributed by atoms with Crippen molar-refractivity contribution in [3.63, 3.8) is 0 Å². The van der Waals surface area contributed by atoms with Crippen LogP contribution in [0.2, 0.25) is 5.02 Å². The molecule has 1 aromatic heterocycles. The average Bonchev–Trinajstić information content (AvgIpc) is 2.89. The molecule has 5 nitrogen and oxygen atoms in total. The van der Waals surface area contributed by atoms with Crippen molar-refractivity contribution in [2.45, 2.75) is 32.2 Å². The van der Waals surface area contributed by atoms with E-state index in [0.29, 0.717) is 6.04 Å². The van der Waals surface area contributed by atoms with E-state index in [1.807, 2.05) is 0 Å². The molecule has 0 spiro atoms. The molecule has 1 unspecified atom stereocenters. The molecule has 0 amide bonds. The fourth-order valence-corrected chi connectivity index (χ4v) is 2.77. The van der Waals surface area contributed by atoms with Crippen molar-refractivity contribution in [2.24, 2.45) is 7.05 Å². The van der Waals surface area contributed by atoms with Crippen LogP contribution in [0.4, 0.5) is 5.69 Å². The second kappa shape index (κ2) is 6.39. The molecule has 1 aliphatic rings. The summed E-state index contributed by atoms with van der Waals surface area (Å²) in [4.78, 5) is 14.0. The summed E-state index contributed by atoms with van der Waals surface area (Å²) in [5, 5.41) is 7.81. The normalized spacial score (nSPS) is 18.8. The van der Waals surface area contributed by atoms with Gasteiger partial charge in [-0.05, 0) is 25.8 Å². The Morgan fingerprint density at radius 2 is 2.42 bits per heavy atom. The van der Waals surface area contributed by atoms with Crippen LogP contribution in [0.15, 0.2) is 11.0 Å². The Bertz CT molecular complexity index is 482. The third kappa shape index (κ3) is 3.28. The summed E-state index contributed by atoms with van der Waals surface area (Å²) in [7, 11) is 1.61. The van der Waals surface area contributed by atoms with Crippen LogP contribution in [0.3, 0.4) is 0 Å². The zero-order chi connectivity index (χ0) is 13.8. The molecule has 0 bridgehead atoms. The van der Waals surface area contributed by atoms with E-state index in [1.165, 1.54) is 17.5 Å². The number of rotatable bonds is 5. The molecule has 1 saturated heterocycles. The summed E-state index contributed by atoms with van der Waals surface area (Å²) in [6, 6.07) is 0.478. The lowest BCUT2D eigenvalue weighted by Gasteiger charge is -2.27. The van der Waals surface area contributed by atoms with Crippen LogP contribution in [0.25, 0.3) is 0 Å². The minimum absolute atomic E-state index is 0.236. The lowest BCUT2D eigenvalue weighted by Crippen LogP contribution is -2.39. The first-order valence-corrected chi connectivity index (χ1v) is 7.21. The largest absolute Gasteiger partial charge is 0.367 e. The van der Waals surface area contributed by atoms with Gasteiger partial charge in [-0.15, -0.1) is 0 Å². The van der Waals surface area contributed by atoms with Crippen molar-refractivity contribution >= 4 is 17.3 Å². The molecule has 19 heavy (non-hydrogen) atoms. The van der Waals surface area contributed by atoms with Crippen molar-refractivity contribution in [3.8, 4) is 0 Å². The van der Waals surface area contributed by atoms with Crippen LogP contribution in [0, 0.1) is 0 Å². The van der Waals surface area contributed by atoms with Gasteiger partial charge in [-0.1, -0.05) is 18.5 Å². The second-order valence-corrected chi connectivity index (χ2v) is 5.39. The fourth-order valence-electron chi connectivity index (χ4n) is 2.48. The number of hydrogen-bond acceptors (Lipinski definition) is 4. The fraction of sp³-hybridized carbons (Fsp3) is 0.692. The van der Waals surface area contributed by atoms with Gasteiger partial charge in [-0.25, -0.2) is 4.68 Å². The zero-order valence-corrected chi connectivity index (χ0v) is 12.3. The van der Waals surface area contributed by atoms with E-state index in [2.05, 4.69) is 22.2 Å². The lowest BCUT2D eigenvalue weighted by molar-refractivity contribution is 0.576. The van der Waals surface area contributed by atoms with E-state index in [4.69, 9.17) is 11.6 Å². The number of hydrogen-bond donors (Lipinski definition) is 1. The smallest absolute Gasteiger partial charge is 0.287 e. The van der Waals surface area contributed by atoms with Gasteiger partial charge in [0.25, 0.3) is 5.56 Å². The van der Waals surface area contributed by atoms with E-state index in [9.17, 15) is 4.79 Å². The highest BCUT2D eigenvalue weighted by molar-refractivity contribution is 6.33. The first-order valence-electron chi connectivity index (χ1n) is 6.83. The number of nitrogens with zero attached hydrogens (tertiary/aromatic N) is 3. The molecule has 1 N–H and O–H groups in total. The summed E-state index contributed by atoms with van der Waals surface area (Å²) < 4.78 is 1.27. The van der Waals surface area contributed by atoms with E-state index in [-0.39, 0.29) is 10.6 Å². The molecule has 1 atom stereocenters. The molecular weight excluding hydrogens is 264 g/mol. The quantitative estimate of drug-likeness (QED) is 0.888. The Morgan fingerprint density at radius 3 is 3.05 bits per heavy atom. The molecule has 1 fully saturated rings. The van der Waals surface area contributed by atoms with Gasteiger partial charge in [-0.2, -0.15) is 5.10 Å². The third-order valence-corrected chi connectivity index (χ3v) is 3.85. The van der Waals surface area contributed by atoms with Crippen LogP contribution < -0.4 is 15.8 Å². The van der Waals surface area contributed by atoms with E-state index in [0.717, 1.165) is 31.7 Å². The minimum atomic E-state index is -0.236. The summed E-state index contributed by atoms with van der Waals surface area (Å²) in [5.74, 6) is 0. The predicted molar refractivity (Wildman–Crippen MR) is 78.0 cm³/mol. The monoisotopic (exact) mass is 284 g/mol. The molecular formula is C13H21ClN4O. The van der Waals surface area contributed by atoms with Gasteiger partial charge in [0, 0.05) is 26.2 Å². The average molecular weight is 285 g/mol. The molecule has 2 rings (SSSR count). The molecule has 0 aromatic carbocycles. The maximum absolute atomic E-state index is 11.9. The van der Waals surface area contributed by atoms with Gasteiger partial charge in [0.1, 0.15) is 5.02 Å². The standard InChI is InChI=1S/C13H21ClN4O/c1-3-7-18(9-10-5-4-6-15-10)11-8-16-17(2)13(19)12(11)14/h8,10,15H,3-7,9H2,1-2H3. The van der Waals surface area contributed by atoms with Gasteiger partial charge >= 0.3 is 0 Å². The van der Waals surface area contributed by atoms with Gasteiger partial charge in [-0.3, -0.25) is 4.79 Å². The predicted octanol–water partition coefficient (Wildman–Crippen LogP) is 1.40. The number of anilines is 1. The molecule has 0 saturated carbocycles. The van der Waals surface area contributed by atoms with Gasteiger partial charge < -0.3 is 10.2 Å². The Labute approximate surface area is 118 Å². The van der Waals surface area contributed by atoms with Crippen molar-refractivity contribution in [1.82, 2.24) is 15.1 Å². The number of aryl methyl sites for hydroxylation is 1. The lowest BCUT2D eigenvalue weighted by atomic mass is 10.2. The summed E-state index contributed by atoms with van der Waals surface area (Å²) >= 11 is 6.18. The molecule has 0 aliphatic carbocycles. The highest BCUT2D eigenvalue weighted by Crippen LogP contribution is 2.22. The van der Waals surface area contributed by atoms with Crippen LogP contribution in [0.5, 0.6) is 0 Å². The highest BCUT2D eigenvalue weighted by atomic mass is 35.5. The molecule has 0 radical (unpaired) electrons.